The van der Waals surface area contributed by atoms with E-state index >= 15 is 0 Å². The van der Waals surface area contributed by atoms with Crippen molar-refractivity contribution in [2.45, 2.75) is 85.0 Å². The van der Waals surface area contributed by atoms with Crippen molar-refractivity contribution in [3.63, 3.8) is 0 Å². The lowest BCUT2D eigenvalue weighted by atomic mass is 9.81. The molecule has 6 nitrogen and oxygen atoms in total. The van der Waals surface area contributed by atoms with E-state index in [1.165, 1.54) is 0 Å². The maximum atomic E-state index is 11.2. The fourth-order valence-corrected chi connectivity index (χ4v) is 4.29. The summed E-state index contributed by atoms with van der Waals surface area (Å²) in [6, 6.07) is 13.6. The minimum atomic E-state index is -0.916. The Morgan fingerprint density at radius 2 is 1.71 bits per heavy atom. The normalized spacial score (nSPS) is 15.5. The number of carboxylic acids is 1. The predicted molar refractivity (Wildman–Crippen MR) is 142 cm³/mol. The Balaban J connectivity index is 2.20. The number of aliphatic carboxylic acids is 1. The molecule has 6 heteroatoms. The number of carboxylic acid groups (broad SMARTS) is 1. The van der Waals surface area contributed by atoms with Crippen LogP contribution in [0.3, 0.4) is 0 Å². The summed E-state index contributed by atoms with van der Waals surface area (Å²) in [5, 5.41) is 19.6. The van der Waals surface area contributed by atoms with Gasteiger partial charge < -0.3 is 26.4 Å². The largest absolute Gasteiger partial charge is 0.489 e. The molecule has 0 aromatic heterocycles. The summed E-state index contributed by atoms with van der Waals surface area (Å²) < 4.78 is 6.30. The van der Waals surface area contributed by atoms with Gasteiger partial charge in [0.1, 0.15) is 12.4 Å². The van der Waals surface area contributed by atoms with Gasteiger partial charge in [0.2, 0.25) is 0 Å². The molecular formula is C29H44N2O4. The molecule has 0 aliphatic carbocycles. The highest BCUT2D eigenvalue weighted by Gasteiger charge is 2.26. The quantitative estimate of drug-likeness (QED) is 0.309. The second-order valence-electron chi connectivity index (χ2n) is 11.2. The van der Waals surface area contributed by atoms with Gasteiger partial charge in [0.25, 0.3) is 0 Å². The molecule has 0 aliphatic rings. The monoisotopic (exact) mass is 484 g/mol. The van der Waals surface area contributed by atoms with E-state index in [9.17, 15) is 9.90 Å². The molecule has 0 bridgehead atoms. The van der Waals surface area contributed by atoms with E-state index < -0.39 is 24.0 Å². The van der Waals surface area contributed by atoms with Crippen molar-refractivity contribution < 1.29 is 19.7 Å². The van der Waals surface area contributed by atoms with E-state index in [0.717, 1.165) is 28.9 Å². The number of ether oxygens (including phenoxy) is 1. The molecule has 194 valence electrons. The van der Waals surface area contributed by atoms with Crippen LogP contribution < -0.4 is 16.2 Å². The lowest BCUT2D eigenvalue weighted by Crippen LogP contribution is -2.39. The first-order valence-electron chi connectivity index (χ1n) is 12.6. The number of nitrogens with two attached hydrogens (primary N) is 2. The zero-order valence-electron chi connectivity index (χ0n) is 22.1. The van der Waals surface area contributed by atoms with Crippen LogP contribution in [-0.2, 0) is 23.2 Å². The van der Waals surface area contributed by atoms with E-state index in [1.54, 1.807) is 6.92 Å². The lowest BCUT2D eigenvalue weighted by Gasteiger charge is -2.29. The van der Waals surface area contributed by atoms with E-state index in [1.807, 2.05) is 24.3 Å². The highest BCUT2D eigenvalue weighted by Crippen LogP contribution is 2.34. The van der Waals surface area contributed by atoms with Gasteiger partial charge in [-0.1, -0.05) is 71.9 Å². The van der Waals surface area contributed by atoms with Gasteiger partial charge >= 0.3 is 5.97 Å². The second-order valence-corrected chi connectivity index (χ2v) is 11.2. The van der Waals surface area contributed by atoms with E-state index in [2.05, 4.69) is 52.8 Å². The van der Waals surface area contributed by atoms with Crippen LogP contribution in [0.15, 0.2) is 42.5 Å². The molecule has 0 aliphatic heterocycles. The maximum absolute atomic E-state index is 11.2. The summed E-state index contributed by atoms with van der Waals surface area (Å²) in [6.45, 7) is 12.8. The lowest BCUT2D eigenvalue weighted by molar-refractivity contribution is -0.142. The van der Waals surface area contributed by atoms with Crippen molar-refractivity contribution in [1.29, 1.82) is 0 Å². The van der Waals surface area contributed by atoms with Crippen LogP contribution in [0, 0.1) is 17.8 Å². The number of nitrogen functional groups attached to an aromatic ring is 1. The fraction of sp³-hybridized carbons (Fsp3) is 0.552. The number of benzene rings is 2. The van der Waals surface area contributed by atoms with Gasteiger partial charge in [-0.2, -0.15) is 0 Å². The van der Waals surface area contributed by atoms with Crippen LogP contribution >= 0.6 is 0 Å². The van der Waals surface area contributed by atoms with Gasteiger partial charge in [0.05, 0.1) is 12.0 Å². The third kappa shape index (κ3) is 8.55. The number of hydrogen-bond donors (Lipinski definition) is 4. The molecule has 0 saturated heterocycles. The number of aliphatic hydroxyl groups excluding tert-OH is 1. The number of hydrogen-bond acceptors (Lipinski definition) is 5. The number of carbonyl (C=O) groups is 1. The molecule has 0 fully saturated rings. The van der Waals surface area contributed by atoms with Crippen molar-refractivity contribution in [3.05, 3.63) is 59.2 Å². The zero-order valence-corrected chi connectivity index (χ0v) is 22.1. The minimum Gasteiger partial charge on any atom is -0.489 e. The SMILES string of the molecule is CC(CC(O)C(N)CC(Cc1ccc(C(C)(C)C)c(OCc2ccccc2N)c1)C(C)C)C(=O)O. The molecule has 0 spiro atoms. The van der Waals surface area contributed by atoms with Crippen LogP contribution in [0.25, 0.3) is 0 Å². The minimum absolute atomic E-state index is 0.0825. The standard InChI is InChI=1S/C29H44N2O4/c1-18(2)22(16-25(31)26(32)13-19(3)28(33)34)14-20-11-12-23(29(4,5)6)27(15-20)35-17-21-9-7-8-10-24(21)30/h7-12,15,18-19,22,25-26,32H,13-14,16-17,30-31H2,1-6H3,(H,33,34). The van der Waals surface area contributed by atoms with E-state index in [0.29, 0.717) is 24.6 Å². The Morgan fingerprint density at radius 3 is 2.29 bits per heavy atom. The first kappa shape index (κ1) is 28.7. The molecule has 2 aromatic rings. The summed E-state index contributed by atoms with van der Waals surface area (Å²) in [4.78, 5) is 11.2. The van der Waals surface area contributed by atoms with Crippen LogP contribution in [0.5, 0.6) is 5.75 Å². The third-order valence-electron chi connectivity index (χ3n) is 6.82. The van der Waals surface area contributed by atoms with Gasteiger partial charge in [0, 0.05) is 17.3 Å². The maximum Gasteiger partial charge on any atom is 0.306 e. The molecule has 2 rings (SSSR count). The average Bonchev–Trinajstić information content (AvgIpc) is 2.77. The molecule has 0 radical (unpaired) electrons. The third-order valence-corrected chi connectivity index (χ3v) is 6.82. The first-order valence-corrected chi connectivity index (χ1v) is 12.6. The summed E-state index contributed by atoms with van der Waals surface area (Å²) in [7, 11) is 0. The molecule has 35 heavy (non-hydrogen) atoms. The molecule has 4 unspecified atom stereocenters. The molecule has 0 saturated carbocycles. The van der Waals surface area contributed by atoms with Crippen molar-refractivity contribution >= 4 is 11.7 Å². The highest BCUT2D eigenvalue weighted by atomic mass is 16.5. The molecule has 0 amide bonds. The molecular weight excluding hydrogens is 440 g/mol. The van der Waals surface area contributed by atoms with E-state index in [-0.39, 0.29) is 17.8 Å². The molecule has 0 heterocycles. The van der Waals surface area contributed by atoms with Crippen LogP contribution in [-0.4, -0.2) is 28.3 Å². The van der Waals surface area contributed by atoms with Crippen LogP contribution in [0.1, 0.15) is 71.1 Å². The molecule has 2 aromatic carbocycles. The Bertz CT molecular complexity index is 967. The van der Waals surface area contributed by atoms with Gasteiger partial charge in [0.15, 0.2) is 0 Å². The van der Waals surface area contributed by atoms with Crippen LogP contribution in [0.2, 0.25) is 0 Å². The van der Waals surface area contributed by atoms with Crippen LogP contribution in [0.4, 0.5) is 5.69 Å². The first-order chi connectivity index (χ1) is 16.3. The number of anilines is 1. The van der Waals surface area contributed by atoms with Crippen molar-refractivity contribution in [1.82, 2.24) is 0 Å². The van der Waals surface area contributed by atoms with E-state index in [4.69, 9.17) is 21.3 Å². The smallest absolute Gasteiger partial charge is 0.306 e. The van der Waals surface area contributed by atoms with Gasteiger partial charge in [-0.3, -0.25) is 4.79 Å². The Kier molecular flexibility index (Phi) is 10.2. The highest BCUT2D eigenvalue weighted by molar-refractivity contribution is 5.69. The van der Waals surface area contributed by atoms with Crippen molar-refractivity contribution in [3.8, 4) is 5.75 Å². The predicted octanol–water partition coefficient (Wildman–Crippen LogP) is 5.15. The Hall–Kier alpha value is -2.57. The Labute approximate surface area is 210 Å². The number of rotatable bonds is 12. The molecule has 6 N–H and O–H groups in total. The van der Waals surface area contributed by atoms with Crippen molar-refractivity contribution in [2.75, 3.05) is 5.73 Å². The van der Waals surface area contributed by atoms with Gasteiger partial charge in [-0.05, 0) is 59.8 Å². The zero-order chi connectivity index (χ0) is 26.3. The number of aliphatic hydroxyl groups is 1. The number of para-hydroxylation sites is 1. The van der Waals surface area contributed by atoms with Gasteiger partial charge in [-0.25, -0.2) is 0 Å². The average molecular weight is 485 g/mol. The topological polar surface area (TPSA) is 119 Å². The van der Waals surface area contributed by atoms with Gasteiger partial charge in [-0.15, -0.1) is 0 Å². The fourth-order valence-electron chi connectivity index (χ4n) is 4.29. The summed E-state index contributed by atoms with van der Waals surface area (Å²) in [6.07, 6.45) is 0.715. The molecule has 4 atom stereocenters. The summed E-state index contributed by atoms with van der Waals surface area (Å²) in [5.41, 5.74) is 16.3. The summed E-state index contributed by atoms with van der Waals surface area (Å²) in [5.74, 6) is -0.114. The second kappa shape index (κ2) is 12.4. The van der Waals surface area contributed by atoms with Crippen molar-refractivity contribution in [2.24, 2.45) is 23.5 Å². The Morgan fingerprint density at radius 1 is 1.06 bits per heavy atom. The summed E-state index contributed by atoms with van der Waals surface area (Å²) >= 11 is 0.